The Kier molecular flexibility index (Phi) is 9.57. The summed E-state index contributed by atoms with van der Waals surface area (Å²) in [5.41, 5.74) is 4.63. The Labute approximate surface area is 246 Å². The van der Waals surface area contributed by atoms with Gasteiger partial charge in [-0.15, -0.1) is 11.8 Å². The van der Waals surface area contributed by atoms with Crippen molar-refractivity contribution in [2.75, 3.05) is 6.54 Å². The average Bonchev–Trinajstić information content (AvgIpc) is 3.52. The Balaban J connectivity index is 1.45. The number of hydrogen-bond donors (Lipinski definition) is 1. The number of nitrogens with zero attached hydrogens (tertiary/aromatic N) is 2. The molecule has 4 aromatic rings. The van der Waals surface area contributed by atoms with E-state index in [-0.39, 0.29) is 17.8 Å². The third-order valence-electron chi connectivity index (χ3n) is 7.71. The molecule has 0 spiro atoms. The number of carbonyl (C=O) groups excluding carboxylic acids is 2. The molecule has 1 aliphatic carbocycles. The number of ketones is 1. The van der Waals surface area contributed by atoms with Crippen molar-refractivity contribution in [1.82, 2.24) is 14.9 Å². The quantitative estimate of drug-likeness (QED) is 0.182. The lowest BCUT2D eigenvalue weighted by atomic mass is 9.87. The molecule has 3 aromatic carbocycles. The Hall–Kier alpha value is -3.84. The van der Waals surface area contributed by atoms with Gasteiger partial charge in [-0.2, -0.15) is 0 Å². The fourth-order valence-corrected chi connectivity index (χ4v) is 6.21. The monoisotopic (exact) mass is 567 g/mol. The van der Waals surface area contributed by atoms with E-state index in [4.69, 9.17) is 4.74 Å². The van der Waals surface area contributed by atoms with Gasteiger partial charge in [0.25, 0.3) is 5.91 Å². The highest BCUT2D eigenvalue weighted by molar-refractivity contribution is 7.98. The molecular formula is C34H37N3O3S. The Morgan fingerprint density at radius 3 is 2.66 bits per heavy atom. The van der Waals surface area contributed by atoms with Crippen LogP contribution in [-0.2, 0) is 18.7 Å². The van der Waals surface area contributed by atoms with Gasteiger partial charge in [-0.1, -0.05) is 62.7 Å². The molecule has 5 rings (SSSR count). The van der Waals surface area contributed by atoms with E-state index in [1.807, 2.05) is 65.4 Å². The van der Waals surface area contributed by atoms with E-state index < -0.39 is 0 Å². The number of imidazole rings is 1. The molecule has 0 bridgehead atoms. The molecule has 0 fully saturated rings. The number of fused-ring (bicyclic) bond motifs is 1. The minimum Gasteiger partial charge on any atom is -0.484 e. The molecule has 0 saturated carbocycles. The first-order valence-corrected chi connectivity index (χ1v) is 15.4. The number of thioether (sulfide) groups is 1. The van der Waals surface area contributed by atoms with Crippen molar-refractivity contribution in [3.8, 4) is 5.75 Å². The third kappa shape index (κ3) is 7.09. The molecule has 1 heterocycles. The first kappa shape index (κ1) is 28.7. The van der Waals surface area contributed by atoms with Gasteiger partial charge >= 0.3 is 0 Å². The first-order chi connectivity index (χ1) is 20.0. The number of amides is 1. The van der Waals surface area contributed by atoms with Gasteiger partial charge in [0.05, 0.1) is 18.4 Å². The maximum Gasteiger partial charge on any atom is 0.252 e. The summed E-state index contributed by atoms with van der Waals surface area (Å²) in [5.74, 6) is 1.92. The fraction of sp³-hybridized carbons (Fsp3) is 0.324. The van der Waals surface area contributed by atoms with Crippen LogP contribution in [0.4, 0.5) is 0 Å². The number of ether oxygens (including phenoxy) is 1. The summed E-state index contributed by atoms with van der Waals surface area (Å²) < 4.78 is 8.81. The Morgan fingerprint density at radius 1 is 1.07 bits per heavy atom. The second-order valence-electron chi connectivity index (χ2n) is 10.6. The van der Waals surface area contributed by atoms with Crippen LogP contribution in [0.25, 0.3) is 0 Å². The van der Waals surface area contributed by atoms with Gasteiger partial charge in [0, 0.05) is 47.1 Å². The summed E-state index contributed by atoms with van der Waals surface area (Å²) in [6.45, 7) is 5.52. The standard InChI is InChI=1S/C34H37N3O3S/c1-3-24(2)20-36-34(39)28-12-7-8-15-33(28)41-22-29-26-13-9-14-30(38)27(26)16-17-31(29)40-32(21-37-19-18-35-23-37)25-10-5-4-6-11-25/h4-8,10-12,15-19,23-24,32H,3,9,13-14,20-22H2,1-2H3,(H,36,39)/t24-,32+/m0/s1. The van der Waals surface area contributed by atoms with Gasteiger partial charge in [0.1, 0.15) is 11.9 Å². The molecule has 1 N–H and O–H groups in total. The molecule has 0 unspecified atom stereocenters. The molecule has 6 nitrogen and oxygen atoms in total. The lowest BCUT2D eigenvalue weighted by Crippen LogP contribution is -2.28. The summed E-state index contributed by atoms with van der Waals surface area (Å²) in [4.78, 5) is 31.1. The van der Waals surface area contributed by atoms with Crippen molar-refractivity contribution in [1.29, 1.82) is 0 Å². The van der Waals surface area contributed by atoms with Crippen molar-refractivity contribution in [2.24, 2.45) is 5.92 Å². The molecule has 7 heteroatoms. The van der Waals surface area contributed by atoms with Crippen LogP contribution in [0.1, 0.15) is 76.6 Å². The van der Waals surface area contributed by atoms with Gasteiger partial charge in [-0.3, -0.25) is 9.59 Å². The maximum atomic E-state index is 13.1. The zero-order chi connectivity index (χ0) is 28.6. The number of hydrogen-bond acceptors (Lipinski definition) is 5. The second kappa shape index (κ2) is 13.7. The van der Waals surface area contributed by atoms with Crippen molar-refractivity contribution in [2.45, 2.75) is 62.8 Å². The van der Waals surface area contributed by atoms with Crippen LogP contribution in [0.5, 0.6) is 5.75 Å². The van der Waals surface area contributed by atoms with E-state index in [9.17, 15) is 9.59 Å². The van der Waals surface area contributed by atoms with E-state index in [2.05, 4.69) is 36.3 Å². The van der Waals surface area contributed by atoms with Crippen molar-refractivity contribution in [3.63, 3.8) is 0 Å². The van der Waals surface area contributed by atoms with E-state index in [0.717, 1.165) is 52.2 Å². The smallest absolute Gasteiger partial charge is 0.252 e. The van der Waals surface area contributed by atoms with Crippen LogP contribution in [0.2, 0.25) is 0 Å². The minimum absolute atomic E-state index is 0.0559. The average molecular weight is 568 g/mol. The van der Waals surface area contributed by atoms with Gasteiger partial charge in [-0.25, -0.2) is 4.98 Å². The largest absolute Gasteiger partial charge is 0.484 e. The van der Waals surface area contributed by atoms with E-state index in [0.29, 0.717) is 36.7 Å². The summed E-state index contributed by atoms with van der Waals surface area (Å²) in [5, 5.41) is 3.09. The number of nitrogens with one attached hydrogen (secondary N) is 1. The van der Waals surface area contributed by atoms with Crippen LogP contribution >= 0.6 is 11.8 Å². The molecule has 2 atom stereocenters. The molecular weight excluding hydrogens is 530 g/mol. The molecule has 1 aliphatic rings. The SMILES string of the molecule is CC[C@H](C)CNC(=O)c1ccccc1SCc1c(O[C@H](Cn2ccnc2)c2ccccc2)ccc2c1CCCC2=O. The summed E-state index contributed by atoms with van der Waals surface area (Å²) in [6.07, 6.45) is 8.52. The molecule has 0 aliphatic heterocycles. The van der Waals surface area contributed by atoms with Gasteiger partial charge in [-0.05, 0) is 54.2 Å². The van der Waals surface area contributed by atoms with Crippen molar-refractivity contribution >= 4 is 23.5 Å². The number of Topliss-reactive ketones (excluding diaryl/α,β-unsaturated/α-hetero) is 1. The summed E-state index contributed by atoms with van der Waals surface area (Å²) in [7, 11) is 0. The summed E-state index contributed by atoms with van der Waals surface area (Å²) >= 11 is 1.62. The molecule has 212 valence electrons. The van der Waals surface area contributed by atoms with Crippen LogP contribution in [0, 0.1) is 5.92 Å². The van der Waals surface area contributed by atoms with Crippen LogP contribution < -0.4 is 10.1 Å². The summed E-state index contributed by atoms with van der Waals surface area (Å²) in [6, 6.07) is 21.8. The van der Waals surface area contributed by atoms with Crippen LogP contribution in [0.3, 0.4) is 0 Å². The minimum atomic E-state index is -0.245. The van der Waals surface area contributed by atoms with E-state index in [1.165, 1.54) is 0 Å². The van der Waals surface area contributed by atoms with Gasteiger partial charge < -0.3 is 14.6 Å². The molecule has 0 saturated heterocycles. The highest BCUT2D eigenvalue weighted by atomic mass is 32.2. The number of aromatic nitrogens is 2. The lowest BCUT2D eigenvalue weighted by molar-refractivity contribution is 0.0942. The zero-order valence-corrected chi connectivity index (χ0v) is 24.5. The molecule has 1 aromatic heterocycles. The van der Waals surface area contributed by atoms with Crippen molar-refractivity contribution in [3.05, 3.63) is 113 Å². The highest BCUT2D eigenvalue weighted by Gasteiger charge is 2.25. The fourth-order valence-electron chi connectivity index (χ4n) is 5.10. The van der Waals surface area contributed by atoms with Gasteiger partial charge in [0.2, 0.25) is 0 Å². The van der Waals surface area contributed by atoms with Crippen LogP contribution in [-0.4, -0.2) is 27.8 Å². The number of benzene rings is 3. The van der Waals surface area contributed by atoms with Gasteiger partial charge in [0.15, 0.2) is 5.78 Å². The topological polar surface area (TPSA) is 73.2 Å². The van der Waals surface area contributed by atoms with Crippen LogP contribution in [0.15, 0.2) is 90.3 Å². The third-order valence-corrected chi connectivity index (χ3v) is 8.81. The number of carbonyl (C=O) groups is 2. The molecule has 0 radical (unpaired) electrons. The Morgan fingerprint density at radius 2 is 1.88 bits per heavy atom. The zero-order valence-electron chi connectivity index (χ0n) is 23.7. The highest BCUT2D eigenvalue weighted by Crippen LogP contribution is 2.38. The Bertz CT molecular complexity index is 1470. The number of rotatable bonds is 12. The van der Waals surface area contributed by atoms with Crippen molar-refractivity contribution < 1.29 is 14.3 Å². The lowest BCUT2D eigenvalue weighted by Gasteiger charge is -2.26. The molecule has 1 amide bonds. The predicted molar refractivity (Wildman–Crippen MR) is 164 cm³/mol. The van der Waals surface area contributed by atoms with E-state index in [1.54, 1.807) is 24.3 Å². The first-order valence-electron chi connectivity index (χ1n) is 14.4. The molecule has 41 heavy (non-hydrogen) atoms. The normalized spacial score (nSPS) is 14.2. The van der Waals surface area contributed by atoms with E-state index >= 15 is 0 Å². The maximum absolute atomic E-state index is 13.1. The second-order valence-corrected chi connectivity index (χ2v) is 11.6. The predicted octanol–water partition coefficient (Wildman–Crippen LogP) is 7.29.